The van der Waals surface area contributed by atoms with Crippen LogP contribution in [0, 0.1) is 0 Å². The van der Waals surface area contributed by atoms with Gasteiger partial charge in [-0.15, -0.1) is 0 Å². The van der Waals surface area contributed by atoms with Crippen molar-refractivity contribution in [1.82, 2.24) is 5.32 Å². The van der Waals surface area contributed by atoms with Gasteiger partial charge in [0.15, 0.2) is 6.10 Å². The van der Waals surface area contributed by atoms with Crippen LogP contribution in [-0.4, -0.2) is 35.7 Å². The van der Waals surface area contributed by atoms with Crippen LogP contribution >= 0.6 is 0 Å². The summed E-state index contributed by atoms with van der Waals surface area (Å²) >= 11 is 0. The highest BCUT2D eigenvalue weighted by Gasteiger charge is 2.32. The predicted molar refractivity (Wildman–Crippen MR) is 104 cm³/mol. The summed E-state index contributed by atoms with van der Waals surface area (Å²) in [5.74, 6) is 0.285. The molecule has 1 unspecified atom stereocenters. The molecular weight excluding hydrogens is 342 g/mol. The fourth-order valence-electron chi connectivity index (χ4n) is 2.57. The van der Waals surface area contributed by atoms with Gasteiger partial charge in [-0.3, -0.25) is 4.79 Å². The average molecular weight is 369 g/mol. The first-order valence-electron chi connectivity index (χ1n) is 9.45. The SMILES string of the molecule is CCCCOC1=CC(=[N+]=[N-])C(OCCCC)C(NC(=O)c2ccccc2)=C1. The van der Waals surface area contributed by atoms with Crippen molar-refractivity contribution < 1.29 is 19.1 Å². The number of amides is 1. The summed E-state index contributed by atoms with van der Waals surface area (Å²) in [6.45, 7) is 5.20. The Morgan fingerprint density at radius 1 is 1.11 bits per heavy atom. The molecule has 0 saturated heterocycles. The summed E-state index contributed by atoms with van der Waals surface area (Å²) in [5, 5.41) is 2.88. The molecule has 6 heteroatoms. The van der Waals surface area contributed by atoms with Gasteiger partial charge < -0.3 is 20.3 Å². The number of nitrogens with one attached hydrogen (secondary N) is 1. The molecule has 0 saturated carbocycles. The van der Waals surface area contributed by atoms with Crippen LogP contribution in [0.25, 0.3) is 5.53 Å². The van der Waals surface area contributed by atoms with E-state index in [0.29, 0.717) is 35.9 Å². The smallest absolute Gasteiger partial charge is 0.330 e. The first kappa shape index (κ1) is 20.6. The molecule has 1 atom stereocenters. The highest BCUT2D eigenvalue weighted by molar-refractivity contribution is 6.01. The molecule has 0 aliphatic heterocycles. The normalized spacial score (nSPS) is 16.2. The number of unbranched alkanes of at least 4 members (excludes halogenated alkanes) is 2. The van der Waals surface area contributed by atoms with E-state index in [9.17, 15) is 10.3 Å². The van der Waals surface area contributed by atoms with Crippen LogP contribution in [0.4, 0.5) is 0 Å². The van der Waals surface area contributed by atoms with Crippen LogP contribution in [0.1, 0.15) is 49.9 Å². The van der Waals surface area contributed by atoms with Crippen LogP contribution in [0.2, 0.25) is 0 Å². The number of rotatable bonds is 10. The number of ether oxygens (including phenoxy) is 2. The summed E-state index contributed by atoms with van der Waals surface area (Å²) in [6, 6.07) is 8.94. The van der Waals surface area contributed by atoms with Gasteiger partial charge >= 0.3 is 5.71 Å². The number of carbonyl (C=O) groups excluding carboxylic acids is 1. The number of carbonyl (C=O) groups is 1. The second-order valence-corrected chi connectivity index (χ2v) is 6.30. The van der Waals surface area contributed by atoms with Gasteiger partial charge in [0.1, 0.15) is 5.76 Å². The summed E-state index contributed by atoms with van der Waals surface area (Å²) < 4.78 is 11.6. The second kappa shape index (κ2) is 11.1. The lowest BCUT2D eigenvalue weighted by Crippen LogP contribution is -2.38. The zero-order valence-corrected chi connectivity index (χ0v) is 16.0. The molecular formula is C21H27N3O3. The molecule has 1 aromatic carbocycles. The molecule has 144 valence electrons. The average Bonchev–Trinajstić information content (AvgIpc) is 2.70. The minimum atomic E-state index is -0.646. The van der Waals surface area contributed by atoms with Gasteiger partial charge in [0.05, 0.1) is 18.4 Å². The lowest BCUT2D eigenvalue weighted by Gasteiger charge is -2.22. The molecule has 0 aromatic heterocycles. The van der Waals surface area contributed by atoms with E-state index in [1.54, 1.807) is 36.4 Å². The zero-order chi connectivity index (χ0) is 19.5. The molecule has 27 heavy (non-hydrogen) atoms. The Labute approximate surface area is 160 Å². The monoisotopic (exact) mass is 369 g/mol. The van der Waals surface area contributed by atoms with Gasteiger partial charge in [0.25, 0.3) is 5.91 Å². The van der Waals surface area contributed by atoms with E-state index in [0.717, 1.165) is 25.7 Å². The lowest BCUT2D eigenvalue weighted by atomic mass is 10.0. The minimum absolute atomic E-state index is 0.252. The fraction of sp³-hybridized carbons (Fsp3) is 0.429. The molecule has 0 heterocycles. The summed E-state index contributed by atoms with van der Waals surface area (Å²) in [5.41, 5.74) is 10.8. The van der Waals surface area contributed by atoms with Crippen LogP contribution in [-0.2, 0) is 9.47 Å². The fourth-order valence-corrected chi connectivity index (χ4v) is 2.57. The molecule has 1 N–H and O–H groups in total. The van der Waals surface area contributed by atoms with Gasteiger partial charge in [0.2, 0.25) is 0 Å². The molecule has 0 fully saturated rings. The highest BCUT2D eigenvalue weighted by Crippen LogP contribution is 2.19. The van der Waals surface area contributed by atoms with Crippen LogP contribution in [0.5, 0.6) is 0 Å². The van der Waals surface area contributed by atoms with Crippen molar-refractivity contribution in [3.05, 3.63) is 65.0 Å². The van der Waals surface area contributed by atoms with E-state index in [1.807, 2.05) is 6.07 Å². The molecule has 0 radical (unpaired) electrons. The van der Waals surface area contributed by atoms with Crippen molar-refractivity contribution in [2.45, 2.75) is 45.6 Å². The first-order chi connectivity index (χ1) is 13.2. The van der Waals surface area contributed by atoms with Crippen molar-refractivity contribution in [2.24, 2.45) is 0 Å². The van der Waals surface area contributed by atoms with E-state index in [2.05, 4.69) is 24.0 Å². The Balaban J connectivity index is 2.22. The van der Waals surface area contributed by atoms with E-state index in [-0.39, 0.29) is 5.91 Å². The third-order valence-corrected chi connectivity index (χ3v) is 4.10. The quantitative estimate of drug-likeness (QED) is 0.386. The number of hydrogen-bond donors (Lipinski definition) is 1. The molecule has 6 nitrogen and oxygen atoms in total. The molecule has 1 aliphatic carbocycles. The zero-order valence-electron chi connectivity index (χ0n) is 16.0. The Morgan fingerprint density at radius 3 is 2.48 bits per heavy atom. The summed E-state index contributed by atoms with van der Waals surface area (Å²) in [6.07, 6.45) is 6.52. The van der Waals surface area contributed by atoms with Crippen molar-refractivity contribution in [3.8, 4) is 0 Å². The Hall–Kier alpha value is -2.69. The van der Waals surface area contributed by atoms with Gasteiger partial charge in [-0.1, -0.05) is 44.9 Å². The van der Waals surface area contributed by atoms with Gasteiger partial charge in [0, 0.05) is 18.2 Å². The second-order valence-electron chi connectivity index (χ2n) is 6.30. The number of hydrogen-bond acceptors (Lipinski definition) is 3. The summed E-state index contributed by atoms with van der Waals surface area (Å²) in [4.78, 5) is 15.9. The lowest BCUT2D eigenvalue weighted by molar-refractivity contribution is -0.0252. The topological polar surface area (TPSA) is 84.0 Å². The standard InChI is InChI=1S/C21H27N3O3/c1-3-5-12-26-17-14-18(23-21(25)16-10-8-7-9-11-16)20(19(15-17)24-22)27-13-6-4-2/h7-11,14-15,20H,3-6,12-13H2,1-2H3,(H,23,25). The molecule has 1 aromatic rings. The molecule has 1 aliphatic rings. The molecule has 0 bridgehead atoms. The Morgan fingerprint density at radius 2 is 1.81 bits per heavy atom. The molecule has 2 rings (SSSR count). The maximum absolute atomic E-state index is 12.6. The van der Waals surface area contributed by atoms with Crippen molar-refractivity contribution in [1.29, 1.82) is 0 Å². The maximum atomic E-state index is 12.6. The molecule has 0 spiro atoms. The first-order valence-corrected chi connectivity index (χ1v) is 9.45. The Kier molecular flexibility index (Phi) is 8.49. The maximum Gasteiger partial charge on any atom is 0.330 e. The number of nitrogens with zero attached hydrogens (tertiary/aromatic N) is 2. The van der Waals surface area contributed by atoms with E-state index in [4.69, 9.17) is 9.47 Å². The number of allylic oxidation sites excluding steroid dienone is 1. The number of benzene rings is 1. The summed E-state index contributed by atoms with van der Waals surface area (Å²) in [7, 11) is 0. The van der Waals surface area contributed by atoms with E-state index >= 15 is 0 Å². The Bertz CT molecular complexity index is 734. The van der Waals surface area contributed by atoms with Crippen molar-refractivity contribution in [2.75, 3.05) is 13.2 Å². The van der Waals surface area contributed by atoms with Crippen LogP contribution < -0.4 is 5.32 Å². The van der Waals surface area contributed by atoms with Gasteiger partial charge in [-0.25, -0.2) is 0 Å². The van der Waals surface area contributed by atoms with Crippen molar-refractivity contribution >= 4 is 11.6 Å². The third-order valence-electron chi connectivity index (χ3n) is 4.10. The molecule has 1 amide bonds. The van der Waals surface area contributed by atoms with Crippen LogP contribution in [0.15, 0.2) is 53.9 Å². The van der Waals surface area contributed by atoms with E-state index in [1.165, 1.54) is 0 Å². The third kappa shape index (κ3) is 6.20. The predicted octanol–water partition coefficient (Wildman–Crippen LogP) is 3.87. The van der Waals surface area contributed by atoms with E-state index < -0.39 is 6.10 Å². The largest absolute Gasteiger partial charge is 0.493 e. The minimum Gasteiger partial charge on any atom is -0.493 e. The highest BCUT2D eigenvalue weighted by atomic mass is 16.5. The van der Waals surface area contributed by atoms with Crippen molar-refractivity contribution in [3.63, 3.8) is 0 Å². The van der Waals surface area contributed by atoms with Gasteiger partial charge in [-0.05, 0) is 25.0 Å². The van der Waals surface area contributed by atoms with Gasteiger partial charge in [-0.2, -0.15) is 4.79 Å². The van der Waals surface area contributed by atoms with Crippen LogP contribution in [0.3, 0.4) is 0 Å².